The van der Waals surface area contributed by atoms with Gasteiger partial charge in [-0.15, -0.1) is 0 Å². The number of allylic oxidation sites excluding steroid dienone is 1. The largest absolute Gasteiger partial charge is 0.504 e. The van der Waals surface area contributed by atoms with Gasteiger partial charge in [0.2, 0.25) is 0 Å². The summed E-state index contributed by atoms with van der Waals surface area (Å²) < 4.78 is 5.51. The summed E-state index contributed by atoms with van der Waals surface area (Å²) in [6.07, 6.45) is 19.7. The average Bonchev–Trinajstić information content (AvgIpc) is 3.77. The number of carbonyl (C=O) groups is 2. The molecule has 70 heavy (non-hydrogen) atoms. The van der Waals surface area contributed by atoms with Crippen molar-refractivity contribution < 1.29 is 29.6 Å². The Morgan fingerprint density at radius 3 is 2.56 bits per heavy atom. The number of nitrogens with two attached hydrogens (primary N) is 1. The van der Waals surface area contributed by atoms with Crippen LogP contribution in [0.25, 0.3) is 5.57 Å². The summed E-state index contributed by atoms with van der Waals surface area (Å²) in [5, 5.41) is 43.2. The van der Waals surface area contributed by atoms with Crippen LogP contribution in [0.2, 0.25) is 0 Å². The monoisotopic (exact) mass is 952 g/mol. The van der Waals surface area contributed by atoms with Crippen LogP contribution in [0.4, 0.5) is 5.82 Å². The first-order valence-corrected chi connectivity index (χ1v) is 26.1. The number of ketones is 2. The van der Waals surface area contributed by atoms with E-state index in [-0.39, 0.29) is 34.9 Å². The van der Waals surface area contributed by atoms with Gasteiger partial charge < -0.3 is 41.7 Å². The first-order chi connectivity index (χ1) is 34.0. The number of Topliss-reactive ketones (excluding diaryl/α,β-unsaturated/α-hetero) is 1. The molecule has 4 aliphatic rings. The Morgan fingerprint density at radius 1 is 0.986 bits per heavy atom. The van der Waals surface area contributed by atoms with Crippen molar-refractivity contribution in [2.75, 3.05) is 45.6 Å². The summed E-state index contributed by atoms with van der Waals surface area (Å²) in [6, 6.07) is 25.2. The first kappa shape index (κ1) is 51.2. The molecule has 0 unspecified atom stereocenters. The molecule has 8 rings (SSSR count). The third-order valence-electron chi connectivity index (χ3n) is 16.1. The molecule has 4 aromatic rings. The van der Waals surface area contributed by atoms with E-state index < -0.39 is 12.7 Å². The number of ether oxygens (including phenoxy) is 1. The SMILES string of the molecule is COc1cc(/C(=C/C(=O)CC(=O)CCC[C@]2(C[C@H]3[C@H]4CCNC[C@H]4C[C@@H]4C=CCN[C@@H]34)CC[C@@H](NC[C@H](C)O)C2)CO)c(Cc2cnc(N)cc2CCc2cccc(CCc3ccccc3)c2)cc1O. The molecule has 0 spiro atoms. The van der Waals surface area contributed by atoms with Crippen LogP contribution < -0.4 is 26.4 Å². The summed E-state index contributed by atoms with van der Waals surface area (Å²) in [7, 11) is 1.46. The molecule has 11 heteroatoms. The van der Waals surface area contributed by atoms with Gasteiger partial charge in [0.25, 0.3) is 0 Å². The minimum atomic E-state index is -0.452. The molecule has 3 heterocycles. The quantitative estimate of drug-likeness (QED) is 0.0218. The number of phenolic OH excluding ortho intramolecular Hbond substituents is 1. The van der Waals surface area contributed by atoms with E-state index in [1.54, 1.807) is 18.3 Å². The first-order valence-electron chi connectivity index (χ1n) is 26.1. The van der Waals surface area contributed by atoms with Crippen molar-refractivity contribution in [2.45, 2.75) is 121 Å². The topological polar surface area (TPSA) is 179 Å². The number of anilines is 1. The van der Waals surface area contributed by atoms with E-state index >= 15 is 0 Å². The molecule has 1 saturated heterocycles. The van der Waals surface area contributed by atoms with Crippen LogP contribution in [0.1, 0.15) is 110 Å². The Bertz CT molecular complexity index is 2450. The van der Waals surface area contributed by atoms with Crippen molar-refractivity contribution >= 4 is 23.0 Å². The van der Waals surface area contributed by atoms with Gasteiger partial charge in [-0.1, -0.05) is 66.7 Å². The zero-order valence-electron chi connectivity index (χ0n) is 41.5. The number of aromatic nitrogens is 1. The highest BCUT2D eigenvalue weighted by Gasteiger charge is 2.49. The number of methoxy groups -OCH3 is 1. The number of aliphatic hydroxyl groups excluding tert-OH is 2. The molecule has 0 bridgehead atoms. The summed E-state index contributed by atoms with van der Waals surface area (Å²) in [4.78, 5) is 31.9. The standard InChI is InChI=1S/C59H77N5O6/c1-39(66)35-63-49-19-22-59(33-49,34-54-52-20-24-61-36-47(52)26-44-13-8-23-62-58(44)54)21-7-14-50(67)31-51(68)28-48(38-65)53-32-56(70-2)55(69)29-45(53)27-46-37-64-57(60)30-43(46)18-17-42-12-6-11-41(25-42)16-15-40-9-4-3-5-10-40/h3-6,8-13,25,28-30,32,37,39,44,47,49,52,54,58,61-63,65-66,69H,7,14-24,26-27,31,33-36,38H2,1-2H3,(H2,60,64)/b48-28+/t39-,44-,47+,49+,52-,54-,58+,59-/m0/s1. The normalized spacial score (nSPS) is 24.7. The lowest BCUT2D eigenvalue weighted by Crippen LogP contribution is -2.56. The maximum absolute atomic E-state index is 13.8. The Hall–Kier alpha value is -5.17. The van der Waals surface area contributed by atoms with Crippen LogP contribution in [0.5, 0.6) is 11.5 Å². The van der Waals surface area contributed by atoms with Crippen LogP contribution in [0, 0.1) is 29.1 Å². The number of aromatic hydroxyl groups is 1. The van der Waals surface area contributed by atoms with E-state index in [1.807, 2.05) is 19.1 Å². The third kappa shape index (κ3) is 13.4. The highest BCUT2D eigenvalue weighted by atomic mass is 16.5. The number of aliphatic hydroxyl groups is 2. The number of hydrogen-bond donors (Lipinski definition) is 7. The van der Waals surface area contributed by atoms with Crippen LogP contribution >= 0.6 is 0 Å². The number of rotatable bonds is 23. The third-order valence-corrected chi connectivity index (χ3v) is 16.1. The zero-order chi connectivity index (χ0) is 49.0. The van der Waals surface area contributed by atoms with Gasteiger partial charge in [-0.05, 0) is 201 Å². The van der Waals surface area contributed by atoms with Gasteiger partial charge in [0.1, 0.15) is 11.6 Å². The van der Waals surface area contributed by atoms with Crippen LogP contribution in [-0.2, 0) is 41.7 Å². The number of fused-ring (bicyclic) bond motifs is 2. The van der Waals surface area contributed by atoms with Crippen molar-refractivity contribution in [1.29, 1.82) is 0 Å². The Balaban J connectivity index is 0.932. The number of carbonyl (C=O) groups excluding carboxylic acids is 2. The number of aryl methyl sites for hydroxylation is 4. The van der Waals surface area contributed by atoms with Gasteiger partial charge in [0.05, 0.1) is 26.2 Å². The summed E-state index contributed by atoms with van der Waals surface area (Å²) in [5.74, 6) is 2.56. The van der Waals surface area contributed by atoms with E-state index in [1.165, 1.54) is 42.7 Å². The molecule has 3 aromatic carbocycles. The second-order valence-electron chi connectivity index (χ2n) is 21.1. The lowest BCUT2D eigenvalue weighted by atomic mass is 9.57. The molecule has 8 N–H and O–H groups in total. The van der Waals surface area contributed by atoms with Crippen molar-refractivity contribution in [2.24, 2.45) is 29.1 Å². The Morgan fingerprint density at radius 2 is 1.77 bits per heavy atom. The summed E-state index contributed by atoms with van der Waals surface area (Å²) >= 11 is 0. The van der Waals surface area contributed by atoms with Gasteiger partial charge in [-0.25, -0.2) is 4.98 Å². The second-order valence-corrected chi connectivity index (χ2v) is 21.1. The summed E-state index contributed by atoms with van der Waals surface area (Å²) in [6.45, 7) is 5.03. The van der Waals surface area contributed by atoms with E-state index in [2.05, 4.69) is 81.6 Å². The minimum absolute atomic E-state index is 0.0619. The molecule has 1 aromatic heterocycles. The number of pyridine rings is 1. The fourth-order valence-electron chi connectivity index (χ4n) is 12.7. The molecule has 11 nitrogen and oxygen atoms in total. The number of hydrogen-bond acceptors (Lipinski definition) is 11. The van der Waals surface area contributed by atoms with Crippen LogP contribution in [0.15, 0.2) is 97.2 Å². The van der Waals surface area contributed by atoms with Gasteiger partial charge in [-0.2, -0.15) is 0 Å². The Kier molecular flexibility index (Phi) is 17.8. The molecular formula is C59H77N5O6. The summed E-state index contributed by atoms with van der Waals surface area (Å²) in [5.41, 5.74) is 13.7. The minimum Gasteiger partial charge on any atom is -0.504 e. The van der Waals surface area contributed by atoms with E-state index in [9.17, 15) is 24.9 Å². The molecule has 8 atom stereocenters. The number of piperidine rings is 1. The van der Waals surface area contributed by atoms with E-state index in [4.69, 9.17) is 10.5 Å². The molecule has 2 saturated carbocycles. The fraction of sp³-hybridized carbons (Fsp3) is 0.508. The second kappa shape index (κ2) is 24.3. The van der Waals surface area contributed by atoms with Crippen molar-refractivity contribution in [3.63, 3.8) is 0 Å². The van der Waals surface area contributed by atoms with Crippen molar-refractivity contribution in [1.82, 2.24) is 20.9 Å². The highest BCUT2D eigenvalue weighted by molar-refractivity contribution is 6.07. The number of nitrogen functional groups attached to an aromatic ring is 1. The molecule has 2 aliphatic heterocycles. The van der Waals surface area contributed by atoms with Gasteiger partial charge in [-0.3, -0.25) is 9.59 Å². The van der Waals surface area contributed by atoms with Crippen LogP contribution in [0.3, 0.4) is 0 Å². The zero-order valence-corrected chi connectivity index (χ0v) is 41.5. The van der Waals surface area contributed by atoms with Crippen molar-refractivity contribution in [3.05, 3.63) is 136 Å². The van der Waals surface area contributed by atoms with E-state index in [0.717, 1.165) is 82.1 Å². The molecular weight excluding hydrogens is 875 g/mol. The molecule has 2 aliphatic carbocycles. The van der Waals surface area contributed by atoms with Crippen molar-refractivity contribution in [3.8, 4) is 11.5 Å². The molecule has 374 valence electrons. The lowest BCUT2D eigenvalue weighted by molar-refractivity contribution is -0.124. The number of benzene rings is 3. The lowest BCUT2D eigenvalue weighted by Gasteiger charge is -2.52. The average molecular weight is 952 g/mol. The number of phenols is 1. The predicted octanol–water partition coefficient (Wildman–Crippen LogP) is 7.90. The van der Waals surface area contributed by atoms with E-state index in [0.29, 0.717) is 90.5 Å². The predicted molar refractivity (Wildman–Crippen MR) is 279 cm³/mol. The number of nitrogens with one attached hydrogen (secondary N) is 3. The molecule has 0 amide bonds. The maximum Gasteiger partial charge on any atom is 0.163 e. The Labute approximate surface area is 415 Å². The smallest absolute Gasteiger partial charge is 0.163 e. The molecule has 0 radical (unpaired) electrons. The fourth-order valence-corrected chi connectivity index (χ4v) is 12.7. The molecule has 3 fully saturated rings. The maximum atomic E-state index is 13.8. The highest BCUT2D eigenvalue weighted by Crippen LogP contribution is 2.53. The van der Waals surface area contributed by atoms with Gasteiger partial charge in [0.15, 0.2) is 17.3 Å². The van der Waals surface area contributed by atoms with Gasteiger partial charge >= 0.3 is 0 Å². The number of nitrogens with zero attached hydrogens (tertiary/aromatic N) is 1. The van der Waals surface area contributed by atoms with Crippen LogP contribution in [-0.4, -0.2) is 90.0 Å². The van der Waals surface area contributed by atoms with Gasteiger partial charge in [0, 0.05) is 37.8 Å².